The van der Waals surface area contributed by atoms with Crippen molar-refractivity contribution in [3.05, 3.63) is 62.9 Å². The van der Waals surface area contributed by atoms with Crippen LogP contribution in [-0.4, -0.2) is 4.92 Å². The van der Waals surface area contributed by atoms with Gasteiger partial charge in [0.05, 0.1) is 9.40 Å². The molecule has 0 N–H and O–H groups in total. The van der Waals surface area contributed by atoms with E-state index in [1.165, 1.54) is 30.3 Å². The van der Waals surface area contributed by atoms with Gasteiger partial charge in [-0.25, -0.2) is 4.39 Å². The van der Waals surface area contributed by atoms with Crippen molar-refractivity contribution in [2.75, 3.05) is 0 Å². The summed E-state index contributed by atoms with van der Waals surface area (Å²) in [6.07, 6.45) is 0. The number of rotatable bonds is 3. The van der Waals surface area contributed by atoms with Gasteiger partial charge in [-0.05, 0) is 34.1 Å². The van der Waals surface area contributed by atoms with Crippen LogP contribution < -0.4 is 4.74 Å². The Morgan fingerprint density at radius 2 is 1.89 bits per heavy atom. The Hall–Kier alpha value is -1.95. The lowest BCUT2D eigenvalue weighted by Gasteiger charge is -2.08. The van der Waals surface area contributed by atoms with Crippen LogP contribution in [0.5, 0.6) is 11.5 Å². The molecule has 0 saturated heterocycles. The predicted octanol–water partition coefficient (Wildman–Crippen LogP) is 4.29. The Bertz CT molecular complexity index is 604. The minimum absolute atomic E-state index is 0.0207. The second-order valence-corrected chi connectivity index (χ2v) is 4.23. The van der Waals surface area contributed by atoms with E-state index in [2.05, 4.69) is 15.9 Å². The third kappa shape index (κ3) is 2.48. The van der Waals surface area contributed by atoms with Crippen molar-refractivity contribution in [2.24, 2.45) is 0 Å². The van der Waals surface area contributed by atoms with Crippen LogP contribution in [0.15, 0.2) is 46.9 Å². The summed E-state index contributed by atoms with van der Waals surface area (Å²) in [5, 5.41) is 10.9. The lowest BCUT2D eigenvalue weighted by atomic mass is 10.3. The summed E-state index contributed by atoms with van der Waals surface area (Å²) in [6, 6.07) is 10.1. The highest BCUT2D eigenvalue weighted by atomic mass is 79.9. The van der Waals surface area contributed by atoms with E-state index in [9.17, 15) is 14.5 Å². The van der Waals surface area contributed by atoms with Gasteiger partial charge in [0.15, 0.2) is 11.6 Å². The third-order valence-electron chi connectivity index (χ3n) is 2.19. The molecule has 0 atom stereocenters. The number of benzene rings is 2. The number of para-hydroxylation sites is 2. The van der Waals surface area contributed by atoms with Gasteiger partial charge < -0.3 is 4.74 Å². The van der Waals surface area contributed by atoms with Gasteiger partial charge in [-0.3, -0.25) is 10.1 Å². The first-order chi connectivity index (χ1) is 8.59. The summed E-state index contributed by atoms with van der Waals surface area (Å²) in [7, 11) is 0. The van der Waals surface area contributed by atoms with E-state index in [-0.39, 0.29) is 17.2 Å². The molecule has 2 rings (SSSR count). The lowest BCUT2D eigenvalue weighted by Crippen LogP contribution is -1.95. The summed E-state index contributed by atoms with van der Waals surface area (Å²) < 4.78 is 19.1. The van der Waals surface area contributed by atoms with Crippen molar-refractivity contribution in [3.63, 3.8) is 0 Å². The Labute approximate surface area is 110 Å². The predicted molar refractivity (Wildman–Crippen MR) is 67.3 cm³/mol. The molecule has 0 aromatic heterocycles. The normalized spacial score (nSPS) is 10.1. The zero-order chi connectivity index (χ0) is 13.1. The van der Waals surface area contributed by atoms with Crippen molar-refractivity contribution in [3.8, 4) is 11.5 Å². The highest BCUT2D eigenvalue weighted by Crippen LogP contribution is 2.38. The summed E-state index contributed by atoms with van der Waals surface area (Å²) in [5.41, 5.74) is -0.229. The molecule has 0 radical (unpaired) electrons. The van der Waals surface area contributed by atoms with Crippen LogP contribution in [0, 0.1) is 15.9 Å². The fraction of sp³-hybridized carbons (Fsp3) is 0. The molecule has 6 heteroatoms. The number of ether oxygens (including phenoxy) is 1. The highest BCUT2D eigenvalue weighted by molar-refractivity contribution is 9.10. The van der Waals surface area contributed by atoms with E-state index in [4.69, 9.17) is 4.74 Å². The molecule has 0 aliphatic carbocycles. The zero-order valence-electron chi connectivity index (χ0n) is 8.97. The summed E-state index contributed by atoms with van der Waals surface area (Å²) in [4.78, 5) is 10.3. The Morgan fingerprint density at radius 3 is 2.56 bits per heavy atom. The lowest BCUT2D eigenvalue weighted by molar-refractivity contribution is -0.385. The van der Waals surface area contributed by atoms with Gasteiger partial charge in [0.1, 0.15) is 0 Å². The third-order valence-corrected chi connectivity index (χ3v) is 2.82. The molecule has 0 aliphatic rings. The molecule has 4 nitrogen and oxygen atoms in total. The zero-order valence-corrected chi connectivity index (χ0v) is 10.6. The summed E-state index contributed by atoms with van der Waals surface area (Å²) in [6.45, 7) is 0. The summed E-state index contributed by atoms with van der Waals surface area (Å²) >= 11 is 3.15. The van der Waals surface area contributed by atoms with E-state index < -0.39 is 10.7 Å². The minimum Gasteiger partial charge on any atom is -0.446 e. The molecular weight excluding hydrogens is 305 g/mol. The number of nitro groups is 1. The van der Waals surface area contributed by atoms with Gasteiger partial charge in [-0.15, -0.1) is 0 Å². The van der Waals surface area contributed by atoms with Crippen LogP contribution in [0.25, 0.3) is 0 Å². The SMILES string of the molecule is O=[N+]([O-])c1cccc(Br)c1Oc1ccccc1F. The average Bonchev–Trinajstić information content (AvgIpc) is 2.34. The number of nitrogens with zero attached hydrogens (tertiary/aromatic N) is 1. The van der Waals surface area contributed by atoms with Crippen molar-refractivity contribution in [2.45, 2.75) is 0 Å². The number of halogens is 2. The molecule has 0 amide bonds. The van der Waals surface area contributed by atoms with Crippen LogP contribution >= 0.6 is 15.9 Å². The molecule has 0 heterocycles. The molecule has 0 unspecified atom stereocenters. The van der Waals surface area contributed by atoms with Crippen LogP contribution in [-0.2, 0) is 0 Å². The molecule has 0 aliphatic heterocycles. The van der Waals surface area contributed by atoms with Crippen LogP contribution in [0.1, 0.15) is 0 Å². The first kappa shape index (κ1) is 12.5. The number of nitro benzene ring substituents is 1. The van der Waals surface area contributed by atoms with Gasteiger partial charge in [-0.1, -0.05) is 18.2 Å². The fourth-order valence-corrected chi connectivity index (χ4v) is 1.82. The van der Waals surface area contributed by atoms with Crippen LogP contribution in [0.2, 0.25) is 0 Å². The largest absolute Gasteiger partial charge is 0.446 e. The second kappa shape index (κ2) is 5.14. The van der Waals surface area contributed by atoms with E-state index >= 15 is 0 Å². The van der Waals surface area contributed by atoms with Crippen molar-refractivity contribution in [1.29, 1.82) is 0 Å². The maximum absolute atomic E-state index is 13.4. The molecular formula is C12H7BrFNO3. The monoisotopic (exact) mass is 311 g/mol. The maximum atomic E-state index is 13.4. The Morgan fingerprint density at radius 1 is 1.17 bits per heavy atom. The average molecular weight is 312 g/mol. The topological polar surface area (TPSA) is 52.4 Å². The van der Waals surface area contributed by atoms with Crippen molar-refractivity contribution in [1.82, 2.24) is 0 Å². The second-order valence-electron chi connectivity index (χ2n) is 3.38. The van der Waals surface area contributed by atoms with Crippen LogP contribution in [0.3, 0.4) is 0 Å². The van der Waals surface area contributed by atoms with E-state index in [0.29, 0.717) is 4.47 Å². The molecule has 0 saturated carbocycles. The van der Waals surface area contributed by atoms with Crippen molar-refractivity contribution < 1.29 is 14.1 Å². The van der Waals surface area contributed by atoms with E-state index in [1.54, 1.807) is 12.1 Å². The number of hydrogen-bond donors (Lipinski definition) is 0. The first-order valence-corrected chi connectivity index (χ1v) is 5.74. The van der Waals surface area contributed by atoms with E-state index in [1.807, 2.05) is 0 Å². The highest BCUT2D eigenvalue weighted by Gasteiger charge is 2.19. The molecule has 0 fully saturated rings. The van der Waals surface area contributed by atoms with Crippen LogP contribution in [0.4, 0.5) is 10.1 Å². The minimum atomic E-state index is -0.582. The van der Waals surface area contributed by atoms with Gasteiger partial charge in [0.2, 0.25) is 5.75 Å². The first-order valence-electron chi connectivity index (χ1n) is 4.95. The molecule has 2 aromatic carbocycles. The smallest absolute Gasteiger partial charge is 0.312 e. The molecule has 92 valence electrons. The van der Waals surface area contributed by atoms with E-state index in [0.717, 1.165) is 0 Å². The quantitative estimate of drug-likeness (QED) is 0.627. The van der Waals surface area contributed by atoms with Gasteiger partial charge in [-0.2, -0.15) is 0 Å². The van der Waals surface area contributed by atoms with Gasteiger partial charge >= 0.3 is 5.69 Å². The van der Waals surface area contributed by atoms with Gasteiger partial charge in [0.25, 0.3) is 0 Å². The van der Waals surface area contributed by atoms with Gasteiger partial charge in [0, 0.05) is 6.07 Å². The fourth-order valence-electron chi connectivity index (χ4n) is 1.38. The molecule has 2 aromatic rings. The Balaban J connectivity index is 2.46. The Kier molecular flexibility index (Phi) is 3.57. The summed E-state index contributed by atoms with van der Waals surface area (Å²) in [5.74, 6) is -0.664. The standard InChI is InChI=1S/C12H7BrFNO3/c13-8-4-3-6-10(15(16)17)12(8)18-11-7-2-1-5-9(11)14/h1-7H. The maximum Gasteiger partial charge on any atom is 0.312 e. The molecule has 0 bridgehead atoms. The van der Waals surface area contributed by atoms with Crippen molar-refractivity contribution >= 4 is 21.6 Å². The number of hydrogen-bond acceptors (Lipinski definition) is 3. The molecule has 0 spiro atoms. The molecule has 18 heavy (non-hydrogen) atoms.